The zero-order chi connectivity index (χ0) is 9.80. The van der Waals surface area contributed by atoms with Gasteiger partial charge in [-0.3, -0.25) is 4.84 Å². The fourth-order valence-corrected chi connectivity index (χ4v) is 1.26. The lowest BCUT2D eigenvalue weighted by molar-refractivity contribution is -0.386. The minimum Gasteiger partial charge on any atom is -0.380 e. The number of hydrogen-bond acceptors (Lipinski definition) is 3. The third kappa shape index (κ3) is 1.95. The Bertz CT molecular complexity index is 321. The largest absolute Gasteiger partial charge is 0.380 e. The Kier molecular flexibility index (Phi) is 2.81. The van der Waals surface area contributed by atoms with E-state index in [2.05, 4.69) is 6.58 Å². The first-order chi connectivity index (χ1) is 6.90. The molecule has 1 heterocycles. The van der Waals surface area contributed by atoms with E-state index in [-0.39, 0.29) is 0 Å². The summed E-state index contributed by atoms with van der Waals surface area (Å²) in [4.78, 5) is 10.6. The average Bonchev–Trinajstić information content (AvgIpc) is 2.14. The summed E-state index contributed by atoms with van der Waals surface area (Å²) in [6.07, 6.45) is 2.67. The van der Waals surface area contributed by atoms with Crippen molar-refractivity contribution < 1.29 is 9.68 Å². The van der Waals surface area contributed by atoms with Crippen LogP contribution in [-0.2, 0) is 11.3 Å². The first kappa shape index (κ1) is 9.24. The molecule has 74 valence electrons. The Morgan fingerprint density at radius 2 is 2.29 bits per heavy atom. The fourth-order valence-electron chi connectivity index (χ4n) is 1.26. The Labute approximate surface area is 83.5 Å². The van der Waals surface area contributed by atoms with Crippen LogP contribution in [0.25, 0.3) is 0 Å². The third-order valence-electron chi connectivity index (χ3n) is 2.05. The highest BCUT2D eigenvalue weighted by molar-refractivity contribution is 5.34. The highest BCUT2D eigenvalue weighted by atomic mass is 17.0. The summed E-state index contributed by atoms with van der Waals surface area (Å²) < 4.78 is 0. The Morgan fingerprint density at radius 1 is 1.50 bits per heavy atom. The number of nitrogens with zero attached hydrogens (tertiary/aromatic N) is 1. The normalized spacial score (nSPS) is 16.0. The molecule has 0 spiro atoms. The topological polar surface area (TPSA) is 21.7 Å². The van der Waals surface area contributed by atoms with Crippen LogP contribution in [-0.4, -0.2) is 18.4 Å². The van der Waals surface area contributed by atoms with Crippen molar-refractivity contribution in [2.45, 2.75) is 6.42 Å². The molecule has 2 rings (SSSR count). The smallest absolute Gasteiger partial charge is 0.154 e. The lowest BCUT2D eigenvalue weighted by Gasteiger charge is -2.29. The molecule has 0 N–H and O–H groups in total. The van der Waals surface area contributed by atoms with Crippen molar-refractivity contribution in [3.8, 4) is 5.75 Å². The van der Waals surface area contributed by atoms with Crippen molar-refractivity contribution in [2.75, 3.05) is 13.2 Å². The maximum absolute atomic E-state index is 5.50. The Hall–Kier alpha value is -1.32. The molecule has 1 fully saturated rings. The maximum atomic E-state index is 5.50. The van der Waals surface area contributed by atoms with Gasteiger partial charge < -0.3 is 4.84 Å². The van der Waals surface area contributed by atoms with Gasteiger partial charge in [-0.15, -0.1) is 6.58 Å². The molecule has 0 atom stereocenters. The van der Waals surface area contributed by atoms with Gasteiger partial charge in [0.1, 0.15) is 0 Å². The number of hydroxylamine groups is 2. The Morgan fingerprint density at radius 3 is 2.93 bits per heavy atom. The van der Waals surface area contributed by atoms with E-state index in [1.807, 2.05) is 30.3 Å². The monoisotopic (exact) mass is 191 g/mol. The molecular formula is C11H13NO2. The van der Waals surface area contributed by atoms with Crippen molar-refractivity contribution in [2.24, 2.45) is 0 Å². The molecule has 0 aromatic heterocycles. The molecule has 1 aromatic rings. The highest BCUT2D eigenvalue weighted by Crippen LogP contribution is 2.21. The summed E-state index contributed by atoms with van der Waals surface area (Å²) in [5, 5.41) is 1.49. The molecule has 0 aliphatic carbocycles. The summed E-state index contributed by atoms with van der Waals surface area (Å²) >= 11 is 0. The molecule has 1 aromatic carbocycles. The SMILES string of the molecule is C=CCc1ccccc1ON1CCO1. The Balaban J connectivity index is 2.09. The minimum atomic E-state index is 0.740. The molecule has 3 nitrogen and oxygen atoms in total. The molecule has 3 heteroatoms. The summed E-state index contributed by atoms with van der Waals surface area (Å²) in [5.41, 5.74) is 1.12. The van der Waals surface area contributed by atoms with Gasteiger partial charge in [-0.25, -0.2) is 0 Å². The van der Waals surface area contributed by atoms with Crippen LogP contribution >= 0.6 is 0 Å². The zero-order valence-corrected chi connectivity index (χ0v) is 7.98. The first-order valence-corrected chi connectivity index (χ1v) is 4.67. The van der Waals surface area contributed by atoms with Crippen molar-refractivity contribution in [3.63, 3.8) is 0 Å². The predicted molar refractivity (Wildman–Crippen MR) is 53.6 cm³/mol. The van der Waals surface area contributed by atoms with Crippen molar-refractivity contribution >= 4 is 0 Å². The predicted octanol–water partition coefficient (Wildman–Crippen LogP) is 1.96. The van der Waals surface area contributed by atoms with E-state index >= 15 is 0 Å². The minimum absolute atomic E-state index is 0.740. The van der Waals surface area contributed by atoms with E-state index in [0.717, 1.165) is 30.9 Å². The van der Waals surface area contributed by atoms with Crippen LogP contribution in [0.15, 0.2) is 36.9 Å². The molecule has 0 radical (unpaired) electrons. The third-order valence-corrected chi connectivity index (χ3v) is 2.05. The molecule has 1 aliphatic heterocycles. The molecule has 0 unspecified atom stereocenters. The van der Waals surface area contributed by atoms with Crippen LogP contribution in [0, 0.1) is 0 Å². The van der Waals surface area contributed by atoms with Gasteiger partial charge in [0.2, 0.25) is 0 Å². The molecule has 0 bridgehead atoms. The van der Waals surface area contributed by atoms with Crippen molar-refractivity contribution in [1.82, 2.24) is 5.23 Å². The second-order valence-electron chi connectivity index (χ2n) is 3.08. The maximum Gasteiger partial charge on any atom is 0.154 e. The number of allylic oxidation sites excluding steroid dienone is 1. The molecule has 1 saturated heterocycles. The van der Waals surface area contributed by atoms with Crippen LogP contribution < -0.4 is 4.84 Å². The fraction of sp³-hybridized carbons (Fsp3) is 0.273. The van der Waals surface area contributed by atoms with Gasteiger partial charge in [0.25, 0.3) is 0 Å². The lowest BCUT2D eigenvalue weighted by Crippen LogP contribution is -2.41. The molecule has 0 amide bonds. The van der Waals surface area contributed by atoms with Crippen molar-refractivity contribution in [3.05, 3.63) is 42.5 Å². The van der Waals surface area contributed by atoms with Crippen LogP contribution in [0.5, 0.6) is 5.75 Å². The summed E-state index contributed by atoms with van der Waals surface area (Å²) in [6, 6.07) is 7.89. The number of hydrogen-bond donors (Lipinski definition) is 0. The lowest BCUT2D eigenvalue weighted by atomic mass is 10.1. The molecule has 14 heavy (non-hydrogen) atoms. The van der Waals surface area contributed by atoms with Crippen LogP contribution in [0.3, 0.4) is 0 Å². The van der Waals surface area contributed by atoms with E-state index in [0.29, 0.717) is 0 Å². The van der Waals surface area contributed by atoms with Gasteiger partial charge in [0, 0.05) is 5.56 Å². The van der Waals surface area contributed by atoms with Crippen molar-refractivity contribution in [1.29, 1.82) is 0 Å². The van der Waals surface area contributed by atoms with Gasteiger partial charge in [-0.1, -0.05) is 24.3 Å². The van der Waals surface area contributed by atoms with E-state index in [4.69, 9.17) is 9.68 Å². The van der Waals surface area contributed by atoms with Gasteiger partial charge >= 0.3 is 0 Å². The van der Waals surface area contributed by atoms with E-state index in [1.54, 1.807) is 0 Å². The second-order valence-corrected chi connectivity index (χ2v) is 3.08. The van der Waals surface area contributed by atoms with Gasteiger partial charge in [0.05, 0.1) is 13.2 Å². The van der Waals surface area contributed by atoms with E-state index in [9.17, 15) is 0 Å². The van der Waals surface area contributed by atoms with Crippen LogP contribution in [0.1, 0.15) is 5.56 Å². The van der Waals surface area contributed by atoms with E-state index < -0.39 is 0 Å². The van der Waals surface area contributed by atoms with Gasteiger partial charge in [0.15, 0.2) is 5.75 Å². The van der Waals surface area contributed by atoms with E-state index in [1.165, 1.54) is 5.23 Å². The number of benzene rings is 1. The zero-order valence-electron chi connectivity index (χ0n) is 7.98. The number of rotatable bonds is 4. The molecule has 1 aliphatic rings. The standard InChI is InChI=1S/C11H13NO2/c1-2-5-10-6-3-4-7-11(10)14-12-8-9-13-12/h2-4,6-7H,1,5,8-9H2. The first-order valence-electron chi connectivity index (χ1n) is 4.67. The highest BCUT2D eigenvalue weighted by Gasteiger charge is 2.17. The summed E-state index contributed by atoms with van der Waals surface area (Å²) in [6.45, 7) is 5.27. The summed E-state index contributed by atoms with van der Waals surface area (Å²) in [5.74, 6) is 0.840. The average molecular weight is 191 g/mol. The van der Waals surface area contributed by atoms with Crippen LogP contribution in [0.4, 0.5) is 0 Å². The molecule has 0 saturated carbocycles. The van der Waals surface area contributed by atoms with Gasteiger partial charge in [-0.2, -0.15) is 0 Å². The number of para-hydroxylation sites is 1. The second kappa shape index (κ2) is 4.26. The van der Waals surface area contributed by atoms with Crippen LogP contribution in [0.2, 0.25) is 0 Å². The quantitative estimate of drug-likeness (QED) is 0.679. The summed E-state index contributed by atoms with van der Waals surface area (Å²) in [7, 11) is 0. The van der Waals surface area contributed by atoms with Gasteiger partial charge in [-0.05, 0) is 17.7 Å². The molecular weight excluding hydrogens is 178 g/mol.